The fraction of sp³-hybridized carbons (Fsp3) is 0.450. The maximum absolute atomic E-state index is 12.5. The van der Waals surface area contributed by atoms with Crippen LogP contribution in [0.1, 0.15) is 45.4 Å². The summed E-state index contributed by atoms with van der Waals surface area (Å²) in [6, 6.07) is 5.11. The molecule has 0 saturated heterocycles. The Morgan fingerprint density at radius 1 is 1.20 bits per heavy atom. The van der Waals surface area contributed by atoms with E-state index in [9.17, 15) is 9.90 Å². The van der Waals surface area contributed by atoms with Crippen LogP contribution in [-0.2, 0) is 7.05 Å². The van der Waals surface area contributed by atoms with Crippen molar-refractivity contribution in [3.63, 3.8) is 0 Å². The smallest absolute Gasteiger partial charge is 0.297 e. The van der Waals surface area contributed by atoms with Gasteiger partial charge in [-0.25, -0.2) is 0 Å². The molecule has 25 heavy (non-hydrogen) atoms. The van der Waals surface area contributed by atoms with Gasteiger partial charge in [0.2, 0.25) is 5.75 Å². The summed E-state index contributed by atoms with van der Waals surface area (Å²) in [7, 11) is 1.65. The molecule has 0 aliphatic heterocycles. The summed E-state index contributed by atoms with van der Waals surface area (Å²) in [4.78, 5) is 12.5. The first-order valence-corrected chi connectivity index (χ1v) is 8.86. The normalized spacial score (nSPS) is 10.8. The van der Waals surface area contributed by atoms with E-state index in [1.165, 1.54) is 36.5 Å². The van der Waals surface area contributed by atoms with Gasteiger partial charge in [-0.05, 0) is 18.6 Å². The molecule has 5 nitrogen and oxygen atoms in total. The minimum absolute atomic E-state index is 0.0148. The average Bonchev–Trinajstić information content (AvgIpc) is 2.62. The lowest BCUT2D eigenvalue weighted by Crippen LogP contribution is -2.20. The third kappa shape index (κ3) is 4.56. The number of hydrogen-bond acceptors (Lipinski definition) is 4. The quantitative estimate of drug-likeness (QED) is 0.508. The second-order valence-electron chi connectivity index (χ2n) is 6.12. The number of hydrogen-bond donors (Lipinski definition) is 1. The highest BCUT2D eigenvalue weighted by Gasteiger charge is 2.16. The molecule has 1 heterocycles. The second-order valence-corrected chi connectivity index (χ2v) is 6.12. The van der Waals surface area contributed by atoms with Crippen LogP contribution in [0.15, 0.2) is 35.8 Å². The molecule has 1 N–H and O–H groups in total. The number of pyridine rings is 1. The maximum Gasteiger partial charge on any atom is 0.297 e. The van der Waals surface area contributed by atoms with Crippen molar-refractivity contribution in [2.24, 2.45) is 7.05 Å². The lowest BCUT2D eigenvalue weighted by atomic mass is 10.1. The molecule has 0 radical (unpaired) electrons. The van der Waals surface area contributed by atoms with Gasteiger partial charge in [0.05, 0.1) is 18.4 Å². The minimum atomic E-state index is -0.355. The molecule has 0 atom stereocenters. The van der Waals surface area contributed by atoms with Gasteiger partial charge in [0.1, 0.15) is 5.75 Å². The first kappa shape index (κ1) is 18.9. The molecular weight excluding hydrogens is 318 g/mol. The fourth-order valence-electron chi connectivity index (χ4n) is 2.83. The first-order chi connectivity index (χ1) is 12.1. The molecule has 0 aliphatic carbocycles. The van der Waals surface area contributed by atoms with Crippen molar-refractivity contribution in [2.45, 2.75) is 45.4 Å². The summed E-state index contributed by atoms with van der Waals surface area (Å²) in [6.45, 7) is 6.13. The Kier molecular flexibility index (Phi) is 6.92. The van der Waals surface area contributed by atoms with E-state index in [2.05, 4.69) is 13.5 Å². The summed E-state index contributed by atoms with van der Waals surface area (Å²) in [5.74, 6) is 0.452. The lowest BCUT2D eigenvalue weighted by molar-refractivity contribution is 0.284. The molecule has 5 heteroatoms. The summed E-state index contributed by atoms with van der Waals surface area (Å²) in [5, 5.41) is 11.0. The van der Waals surface area contributed by atoms with E-state index in [0.717, 1.165) is 12.8 Å². The summed E-state index contributed by atoms with van der Waals surface area (Å²) in [6.07, 6.45) is 8.13. The Hall–Kier alpha value is -2.43. The topological polar surface area (TPSA) is 60.7 Å². The number of nitrogens with zero attached hydrogens (tertiary/aromatic N) is 1. The zero-order chi connectivity index (χ0) is 18.2. The van der Waals surface area contributed by atoms with Crippen molar-refractivity contribution >= 4 is 10.9 Å². The van der Waals surface area contributed by atoms with Crippen molar-refractivity contribution in [1.82, 2.24) is 4.57 Å². The number of benzene rings is 1. The van der Waals surface area contributed by atoms with Crippen molar-refractivity contribution in [3.8, 4) is 17.2 Å². The largest absolute Gasteiger partial charge is 0.504 e. The molecule has 0 aliphatic rings. The van der Waals surface area contributed by atoms with Crippen LogP contribution in [0.3, 0.4) is 0 Å². The highest BCUT2D eigenvalue weighted by Crippen LogP contribution is 2.33. The molecule has 2 rings (SSSR count). The van der Waals surface area contributed by atoms with Crippen LogP contribution < -0.4 is 15.0 Å². The number of fused-ring (bicyclic) bond motifs is 1. The van der Waals surface area contributed by atoms with Gasteiger partial charge in [-0.1, -0.05) is 45.6 Å². The summed E-state index contributed by atoms with van der Waals surface area (Å²) < 4.78 is 12.3. The highest BCUT2D eigenvalue weighted by atomic mass is 16.5. The third-order valence-electron chi connectivity index (χ3n) is 4.26. The van der Waals surface area contributed by atoms with Crippen LogP contribution in [0.5, 0.6) is 17.2 Å². The first-order valence-electron chi connectivity index (χ1n) is 8.86. The molecule has 1 aromatic carbocycles. The summed E-state index contributed by atoms with van der Waals surface area (Å²) in [5.41, 5.74) is 0.223. The van der Waals surface area contributed by atoms with E-state index in [0.29, 0.717) is 23.3 Å². The van der Waals surface area contributed by atoms with E-state index >= 15 is 0 Å². The van der Waals surface area contributed by atoms with Crippen molar-refractivity contribution in [3.05, 3.63) is 41.4 Å². The standard InChI is InChI=1S/C20H27NO4/c1-4-6-7-8-9-10-13-25-19-18(22)16-12-11-15(24-5-2)14-17(16)21(3)20(19)23/h5,11-12,14,22H,2,4,6-10,13H2,1,3H3. The van der Waals surface area contributed by atoms with E-state index in [-0.39, 0.29) is 17.1 Å². The van der Waals surface area contributed by atoms with E-state index < -0.39 is 0 Å². The Balaban J connectivity index is 2.14. The average molecular weight is 345 g/mol. The fourth-order valence-corrected chi connectivity index (χ4v) is 2.83. The van der Waals surface area contributed by atoms with Gasteiger partial charge >= 0.3 is 0 Å². The summed E-state index contributed by atoms with van der Waals surface area (Å²) >= 11 is 0. The monoisotopic (exact) mass is 345 g/mol. The van der Waals surface area contributed by atoms with Gasteiger partial charge in [0.25, 0.3) is 5.56 Å². The number of unbranched alkanes of at least 4 members (excludes halogenated alkanes) is 5. The van der Waals surface area contributed by atoms with Crippen LogP contribution in [-0.4, -0.2) is 16.3 Å². The number of aromatic hydroxyl groups is 1. The Morgan fingerprint density at radius 2 is 1.92 bits per heavy atom. The molecule has 0 fully saturated rings. The van der Waals surface area contributed by atoms with Crippen LogP contribution >= 0.6 is 0 Å². The zero-order valence-corrected chi connectivity index (χ0v) is 15.1. The van der Waals surface area contributed by atoms with Crippen molar-refractivity contribution in [1.29, 1.82) is 0 Å². The van der Waals surface area contributed by atoms with Gasteiger partial charge in [-0.3, -0.25) is 4.79 Å². The van der Waals surface area contributed by atoms with E-state index in [1.807, 2.05) is 0 Å². The zero-order valence-electron chi connectivity index (χ0n) is 15.1. The number of rotatable bonds is 10. The molecule has 0 bridgehead atoms. The Morgan fingerprint density at radius 3 is 2.64 bits per heavy atom. The minimum Gasteiger partial charge on any atom is -0.504 e. The predicted octanol–water partition coefficient (Wildman–Crippen LogP) is 4.51. The molecule has 2 aromatic rings. The lowest BCUT2D eigenvalue weighted by Gasteiger charge is -2.13. The Bertz CT molecular complexity index is 779. The van der Waals surface area contributed by atoms with Crippen molar-refractivity contribution < 1.29 is 14.6 Å². The van der Waals surface area contributed by atoms with Crippen LogP contribution in [0, 0.1) is 0 Å². The van der Waals surface area contributed by atoms with Gasteiger partial charge in [-0.2, -0.15) is 0 Å². The van der Waals surface area contributed by atoms with E-state index in [4.69, 9.17) is 9.47 Å². The van der Waals surface area contributed by atoms with Crippen LogP contribution in [0.25, 0.3) is 10.9 Å². The Labute approximate surface area is 148 Å². The van der Waals surface area contributed by atoms with Gasteiger partial charge < -0.3 is 19.1 Å². The third-order valence-corrected chi connectivity index (χ3v) is 4.26. The molecule has 0 amide bonds. The predicted molar refractivity (Wildman–Crippen MR) is 101 cm³/mol. The highest BCUT2D eigenvalue weighted by molar-refractivity contribution is 5.88. The van der Waals surface area contributed by atoms with Gasteiger partial charge in [0, 0.05) is 18.5 Å². The van der Waals surface area contributed by atoms with Crippen molar-refractivity contribution in [2.75, 3.05) is 6.61 Å². The molecular formula is C20H27NO4. The maximum atomic E-state index is 12.5. The molecule has 0 unspecified atom stereocenters. The molecule has 0 saturated carbocycles. The second kappa shape index (κ2) is 9.16. The number of aromatic nitrogens is 1. The molecule has 136 valence electrons. The van der Waals surface area contributed by atoms with Gasteiger partial charge in [0.15, 0.2) is 5.75 Å². The van der Waals surface area contributed by atoms with E-state index in [1.54, 1.807) is 25.2 Å². The van der Waals surface area contributed by atoms with Crippen LogP contribution in [0.4, 0.5) is 0 Å². The SMILES string of the molecule is C=COc1ccc2c(O)c(OCCCCCCCC)c(=O)n(C)c2c1. The molecule has 1 aromatic heterocycles. The number of aryl methyl sites for hydroxylation is 1. The van der Waals surface area contributed by atoms with Gasteiger partial charge in [-0.15, -0.1) is 0 Å². The van der Waals surface area contributed by atoms with Crippen LogP contribution in [0.2, 0.25) is 0 Å². The number of ether oxygens (including phenoxy) is 2. The molecule has 0 spiro atoms.